The lowest BCUT2D eigenvalue weighted by atomic mass is 9.93. The summed E-state index contributed by atoms with van der Waals surface area (Å²) in [7, 11) is 0. The Morgan fingerprint density at radius 3 is 2.59 bits per heavy atom. The van der Waals surface area contributed by atoms with Crippen molar-refractivity contribution in [2.45, 2.75) is 76.3 Å². The number of aliphatic hydroxyl groups is 1. The Morgan fingerprint density at radius 2 is 1.85 bits per heavy atom. The Labute approximate surface area is 202 Å². The van der Waals surface area contributed by atoms with E-state index < -0.39 is 11.5 Å². The van der Waals surface area contributed by atoms with Crippen LogP contribution >= 0.6 is 0 Å². The molecule has 186 valence electrons. The van der Waals surface area contributed by atoms with Crippen LogP contribution in [0.4, 0.5) is 0 Å². The van der Waals surface area contributed by atoms with Crippen molar-refractivity contribution in [2.75, 3.05) is 19.8 Å². The fourth-order valence-electron chi connectivity index (χ4n) is 4.76. The topological polar surface area (TPSA) is 95.9 Å². The van der Waals surface area contributed by atoms with Crippen molar-refractivity contribution in [3.63, 3.8) is 0 Å². The summed E-state index contributed by atoms with van der Waals surface area (Å²) in [6.45, 7) is 0.671. The molecule has 1 aromatic rings. The molecule has 0 bridgehead atoms. The molecular weight excluding hydrogens is 432 g/mol. The minimum atomic E-state index is -0.545. The van der Waals surface area contributed by atoms with Crippen LogP contribution in [0.25, 0.3) is 0 Å². The summed E-state index contributed by atoms with van der Waals surface area (Å²) in [5, 5.41) is 12.7. The third-order valence-corrected chi connectivity index (χ3v) is 6.78. The molecule has 1 fully saturated rings. The van der Waals surface area contributed by atoms with Crippen molar-refractivity contribution < 1.29 is 24.2 Å². The van der Waals surface area contributed by atoms with Gasteiger partial charge in [-0.3, -0.25) is 14.4 Å². The molecule has 7 nitrogen and oxygen atoms in total. The van der Waals surface area contributed by atoms with Gasteiger partial charge in [-0.15, -0.1) is 0 Å². The Hall–Kier alpha value is -2.67. The van der Waals surface area contributed by atoms with Crippen LogP contribution in [0, 0.1) is 5.92 Å². The van der Waals surface area contributed by atoms with Crippen LogP contribution in [0.15, 0.2) is 42.5 Å². The molecule has 0 radical (unpaired) electrons. The fourth-order valence-corrected chi connectivity index (χ4v) is 4.76. The smallest absolute Gasteiger partial charge is 0.305 e. The highest BCUT2D eigenvalue weighted by atomic mass is 16.5. The molecule has 1 atom stereocenters. The lowest BCUT2D eigenvalue weighted by molar-refractivity contribution is -0.147. The van der Waals surface area contributed by atoms with Gasteiger partial charge in [-0.05, 0) is 44.1 Å². The number of carbonyl (C=O) groups is 3. The maximum atomic E-state index is 13.4. The molecule has 2 N–H and O–H groups in total. The number of nitrogens with one attached hydrogen (secondary N) is 1. The first-order chi connectivity index (χ1) is 16.5. The zero-order valence-electron chi connectivity index (χ0n) is 20.0. The van der Waals surface area contributed by atoms with E-state index >= 15 is 0 Å². The summed E-state index contributed by atoms with van der Waals surface area (Å²) in [6, 6.07) is 9.64. The van der Waals surface area contributed by atoms with E-state index in [0.29, 0.717) is 19.4 Å². The maximum absolute atomic E-state index is 13.4. The van der Waals surface area contributed by atoms with Crippen LogP contribution in [0.1, 0.15) is 69.8 Å². The second-order valence-electron chi connectivity index (χ2n) is 9.52. The predicted octanol–water partition coefficient (Wildman–Crippen LogP) is 3.51. The van der Waals surface area contributed by atoms with Gasteiger partial charge in [-0.25, -0.2) is 0 Å². The Morgan fingerprint density at radius 1 is 1.09 bits per heavy atom. The molecule has 3 rings (SSSR count). The van der Waals surface area contributed by atoms with Crippen molar-refractivity contribution in [3.05, 3.63) is 48.0 Å². The fraction of sp³-hybridized carbons (Fsp3) is 0.593. The molecule has 0 aromatic heterocycles. The third-order valence-electron chi connectivity index (χ3n) is 6.78. The van der Waals surface area contributed by atoms with Gasteiger partial charge in [-0.1, -0.05) is 55.3 Å². The van der Waals surface area contributed by atoms with Crippen LogP contribution in [0.2, 0.25) is 0 Å². The highest BCUT2D eigenvalue weighted by molar-refractivity contribution is 5.86. The van der Waals surface area contributed by atoms with Gasteiger partial charge in [0.2, 0.25) is 11.8 Å². The first-order valence-electron chi connectivity index (χ1n) is 12.6. The Kier molecular flexibility index (Phi) is 10.1. The Bertz CT molecular complexity index is 833. The van der Waals surface area contributed by atoms with Crippen LogP contribution in [-0.4, -0.2) is 53.1 Å². The number of amides is 2. The lowest BCUT2D eigenvalue weighted by Gasteiger charge is -2.32. The summed E-state index contributed by atoms with van der Waals surface area (Å²) >= 11 is 0. The number of ether oxygens (including phenoxy) is 1. The van der Waals surface area contributed by atoms with Gasteiger partial charge in [0.1, 0.15) is 6.61 Å². The monoisotopic (exact) mass is 470 g/mol. The van der Waals surface area contributed by atoms with E-state index in [-0.39, 0.29) is 44.0 Å². The molecule has 2 amide bonds. The van der Waals surface area contributed by atoms with E-state index in [1.807, 2.05) is 42.5 Å². The quantitative estimate of drug-likeness (QED) is 0.490. The number of cyclic esters (lactones) is 1. The van der Waals surface area contributed by atoms with Gasteiger partial charge in [-0.2, -0.15) is 0 Å². The number of carbonyl (C=O) groups excluding carboxylic acids is 3. The number of esters is 1. The summed E-state index contributed by atoms with van der Waals surface area (Å²) < 4.78 is 5.55. The second-order valence-corrected chi connectivity index (χ2v) is 9.52. The molecule has 1 unspecified atom stereocenters. The van der Waals surface area contributed by atoms with Gasteiger partial charge in [0, 0.05) is 25.9 Å². The number of allylic oxidation sites excluding steroid dienone is 2. The van der Waals surface area contributed by atoms with Crippen molar-refractivity contribution in [3.8, 4) is 0 Å². The van der Waals surface area contributed by atoms with Crippen LogP contribution < -0.4 is 5.32 Å². The first-order valence-corrected chi connectivity index (χ1v) is 12.6. The molecule has 1 saturated carbocycles. The standard InChI is InChI=1S/C27H38N2O5/c30-18-17-29(20-22-11-5-4-6-12-22)24(31)19-23-13-7-2-1-3-8-14-25(32)34-21-27(28-26(23)33)15-9-10-16-27/h2,4-7,11-12,23,30H,1,3,8-10,13-21H2,(H,28,33). The summed E-state index contributed by atoms with van der Waals surface area (Å²) in [5.74, 6) is -1.05. The predicted molar refractivity (Wildman–Crippen MR) is 130 cm³/mol. The van der Waals surface area contributed by atoms with Gasteiger partial charge < -0.3 is 20.1 Å². The molecule has 0 saturated heterocycles. The van der Waals surface area contributed by atoms with E-state index in [9.17, 15) is 19.5 Å². The largest absolute Gasteiger partial charge is 0.463 e. The van der Waals surface area contributed by atoms with Gasteiger partial charge in [0.25, 0.3) is 0 Å². The lowest BCUT2D eigenvalue weighted by Crippen LogP contribution is -2.52. The van der Waals surface area contributed by atoms with Gasteiger partial charge in [0.15, 0.2) is 0 Å². The molecular formula is C27H38N2O5. The molecule has 7 heteroatoms. The number of benzene rings is 1. The summed E-state index contributed by atoms with van der Waals surface area (Å²) in [5.41, 5.74) is 0.433. The minimum Gasteiger partial charge on any atom is -0.463 e. The van der Waals surface area contributed by atoms with Crippen molar-refractivity contribution >= 4 is 17.8 Å². The van der Waals surface area contributed by atoms with E-state index in [1.54, 1.807) is 4.90 Å². The van der Waals surface area contributed by atoms with E-state index in [4.69, 9.17) is 4.74 Å². The van der Waals surface area contributed by atoms with Crippen molar-refractivity contribution in [2.24, 2.45) is 5.92 Å². The highest BCUT2D eigenvalue weighted by Gasteiger charge is 2.38. The summed E-state index contributed by atoms with van der Waals surface area (Å²) in [6.07, 6.45) is 10.9. The molecule has 1 aliphatic carbocycles. The molecule has 1 aromatic carbocycles. The van der Waals surface area contributed by atoms with Gasteiger partial charge in [0.05, 0.1) is 18.1 Å². The molecule has 34 heavy (non-hydrogen) atoms. The first kappa shape index (κ1) is 25.9. The second kappa shape index (κ2) is 13.3. The van der Waals surface area contributed by atoms with Crippen LogP contribution in [-0.2, 0) is 25.7 Å². The normalized spacial score (nSPS) is 21.5. The van der Waals surface area contributed by atoms with Crippen LogP contribution in [0.5, 0.6) is 0 Å². The summed E-state index contributed by atoms with van der Waals surface area (Å²) in [4.78, 5) is 40.4. The number of aliphatic hydroxyl groups excluding tert-OH is 1. The maximum Gasteiger partial charge on any atom is 0.305 e. The Balaban J connectivity index is 1.73. The average Bonchev–Trinajstić information content (AvgIpc) is 3.29. The van der Waals surface area contributed by atoms with Crippen LogP contribution in [0.3, 0.4) is 0 Å². The number of hydrogen-bond acceptors (Lipinski definition) is 5. The van der Waals surface area contributed by atoms with E-state index in [0.717, 1.165) is 50.5 Å². The molecule has 2 aliphatic rings. The average molecular weight is 471 g/mol. The molecule has 1 heterocycles. The third kappa shape index (κ3) is 7.97. The minimum absolute atomic E-state index is 0.0683. The molecule has 1 spiro atoms. The van der Waals surface area contributed by atoms with E-state index in [1.165, 1.54) is 0 Å². The number of nitrogens with zero attached hydrogens (tertiary/aromatic N) is 1. The number of hydrogen-bond donors (Lipinski definition) is 2. The van der Waals surface area contributed by atoms with E-state index in [2.05, 4.69) is 5.32 Å². The van der Waals surface area contributed by atoms with Crippen molar-refractivity contribution in [1.82, 2.24) is 10.2 Å². The van der Waals surface area contributed by atoms with Crippen molar-refractivity contribution in [1.29, 1.82) is 0 Å². The zero-order chi connectivity index (χ0) is 24.2. The van der Waals surface area contributed by atoms with Gasteiger partial charge >= 0.3 is 5.97 Å². The highest BCUT2D eigenvalue weighted by Crippen LogP contribution is 2.31. The number of rotatable bonds is 6. The zero-order valence-corrected chi connectivity index (χ0v) is 20.0. The SMILES string of the molecule is O=C1CCCCC=CCC(CC(=O)N(CCO)Cc2ccccc2)C(=O)NC2(CCCC2)CO1. The molecule has 1 aliphatic heterocycles.